The summed E-state index contributed by atoms with van der Waals surface area (Å²) in [6, 6.07) is 13.5. The van der Waals surface area contributed by atoms with Crippen molar-refractivity contribution in [1.82, 2.24) is 0 Å². The lowest BCUT2D eigenvalue weighted by atomic mass is 9.99. The third-order valence-corrected chi connectivity index (χ3v) is 3.67. The predicted octanol–water partition coefficient (Wildman–Crippen LogP) is 5.09. The fourth-order valence-corrected chi connectivity index (χ4v) is 2.43. The van der Waals surface area contributed by atoms with Crippen molar-refractivity contribution in [2.75, 3.05) is 5.32 Å². The third kappa shape index (κ3) is 3.17. The summed E-state index contributed by atoms with van der Waals surface area (Å²) in [7, 11) is 0. The lowest BCUT2D eigenvalue weighted by molar-refractivity contribution is 0.870. The minimum Gasteiger partial charge on any atom is -0.378 e. The highest BCUT2D eigenvalue weighted by Crippen LogP contribution is 2.25. The van der Waals surface area contributed by atoms with E-state index < -0.39 is 0 Å². The van der Waals surface area contributed by atoms with Gasteiger partial charge in [0.2, 0.25) is 0 Å². The van der Waals surface area contributed by atoms with E-state index in [-0.39, 0.29) is 0 Å². The van der Waals surface area contributed by atoms with Gasteiger partial charge in [0.05, 0.1) is 0 Å². The van der Waals surface area contributed by atoms with Gasteiger partial charge in [-0.2, -0.15) is 0 Å². The normalized spacial score (nSPS) is 12.3. The molecule has 1 heteroatoms. The second-order valence-corrected chi connectivity index (χ2v) is 5.54. The zero-order chi connectivity index (χ0) is 14.0. The van der Waals surface area contributed by atoms with Gasteiger partial charge in [-0.25, -0.2) is 0 Å². The largest absolute Gasteiger partial charge is 0.378 e. The van der Waals surface area contributed by atoms with Crippen LogP contribution < -0.4 is 5.32 Å². The SMILES string of the molecule is Cc1ccc(C)c(NC(C)c2cc(C)ccc2C)c1. The van der Waals surface area contributed by atoms with E-state index in [0.29, 0.717) is 6.04 Å². The van der Waals surface area contributed by atoms with Crippen molar-refractivity contribution in [2.45, 2.75) is 40.7 Å². The average molecular weight is 253 g/mol. The van der Waals surface area contributed by atoms with Crippen molar-refractivity contribution in [2.24, 2.45) is 0 Å². The van der Waals surface area contributed by atoms with Gasteiger partial charge in [-0.05, 0) is 62.9 Å². The second-order valence-electron chi connectivity index (χ2n) is 5.54. The molecule has 0 radical (unpaired) electrons. The van der Waals surface area contributed by atoms with Crippen LogP contribution in [0.15, 0.2) is 36.4 Å². The number of nitrogens with one attached hydrogen (secondary N) is 1. The van der Waals surface area contributed by atoms with Crippen molar-refractivity contribution >= 4 is 5.69 Å². The molecule has 0 heterocycles. The van der Waals surface area contributed by atoms with Crippen LogP contribution in [-0.4, -0.2) is 0 Å². The van der Waals surface area contributed by atoms with Crippen molar-refractivity contribution in [1.29, 1.82) is 0 Å². The lowest BCUT2D eigenvalue weighted by Gasteiger charge is -2.20. The number of aryl methyl sites for hydroxylation is 4. The Hall–Kier alpha value is -1.76. The minimum absolute atomic E-state index is 0.320. The van der Waals surface area contributed by atoms with Crippen molar-refractivity contribution in [3.05, 3.63) is 64.2 Å². The maximum absolute atomic E-state index is 3.64. The van der Waals surface area contributed by atoms with Gasteiger partial charge >= 0.3 is 0 Å². The molecule has 0 aliphatic rings. The van der Waals surface area contributed by atoms with Crippen molar-refractivity contribution in [3.63, 3.8) is 0 Å². The standard InChI is InChI=1S/C18H23N/c1-12-6-8-14(3)17(10-12)16(5)19-18-11-13(2)7-9-15(18)4/h6-11,16,19H,1-5H3. The first-order valence-electron chi connectivity index (χ1n) is 6.88. The van der Waals surface area contributed by atoms with Crippen LogP contribution in [0.5, 0.6) is 0 Å². The third-order valence-electron chi connectivity index (χ3n) is 3.67. The molecular formula is C18H23N. The number of benzene rings is 2. The van der Waals surface area contributed by atoms with Gasteiger partial charge in [0.1, 0.15) is 0 Å². The average Bonchev–Trinajstić information content (AvgIpc) is 2.36. The van der Waals surface area contributed by atoms with Gasteiger partial charge in [-0.1, -0.05) is 35.9 Å². The maximum atomic E-state index is 3.64. The summed E-state index contributed by atoms with van der Waals surface area (Å²) in [5, 5.41) is 3.64. The van der Waals surface area contributed by atoms with Gasteiger partial charge in [0, 0.05) is 11.7 Å². The van der Waals surface area contributed by atoms with Gasteiger partial charge in [0.25, 0.3) is 0 Å². The van der Waals surface area contributed by atoms with E-state index in [1.165, 1.54) is 33.5 Å². The Labute approximate surface area is 116 Å². The highest BCUT2D eigenvalue weighted by molar-refractivity contribution is 5.54. The zero-order valence-corrected chi connectivity index (χ0v) is 12.5. The minimum atomic E-state index is 0.320. The summed E-state index contributed by atoms with van der Waals surface area (Å²) >= 11 is 0. The quantitative estimate of drug-likeness (QED) is 0.803. The van der Waals surface area contributed by atoms with E-state index in [1.807, 2.05) is 0 Å². The Morgan fingerprint density at radius 3 is 2.05 bits per heavy atom. The molecule has 19 heavy (non-hydrogen) atoms. The number of rotatable bonds is 3. The molecule has 2 aromatic carbocycles. The van der Waals surface area contributed by atoms with E-state index in [9.17, 15) is 0 Å². The predicted molar refractivity (Wildman–Crippen MR) is 83.9 cm³/mol. The maximum Gasteiger partial charge on any atom is 0.0488 e. The van der Waals surface area contributed by atoms with Gasteiger partial charge in [0.15, 0.2) is 0 Å². The summed E-state index contributed by atoms with van der Waals surface area (Å²) in [6.07, 6.45) is 0. The molecule has 0 aliphatic carbocycles. The van der Waals surface area contributed by atoms with Crippen LogP contribution >= 0.6 is 0 Å². The molecule has 0 bridgehead atoms. The molecule has 0 aromatic heterocycles. The van der Waals surface area contributed by atoms with Crippen LogP contribution in [0.4, 0.5) is 5.69 Å². The van der Waals surface area contributed by atoms with E-state index in [2.05, 4.69) is 76.3 Å². The molecule has 0 fully saturated rings. The smallest absolute Gasteiger partial charge is 0.0488 e. The fourth-order valence-electron chi connectivity index (χ4n) is 2.43. The Balaban J connectivity index is 2.27. The van der Waals surface area contributed by atoms with E-state index in [0.717, 1.165) is 0 Å². The molecule has 1 nitrogen and oxygen atoms in total. The second kappa shape index (κ2) is 5.48. The molecular weight excluding hydrogens is 230 g/mol. The van der Waals surface area contributed by atoms with Gasteiger partial charge in [-0.3, -0.25) is 0 Å². The topological polar surface area (TPSA) is 12.0 Å². The molecule has 0 amide bonds. The highest BCUT2D eigenvalue weighted by Gasteiger charge is 2.09. The van der Waals surface area contributed by atoms with E-state index >= 15 is 0 Å². The first kappa shape index (κ1) is 13.7. The molecule has 1 atom stereocenters. The molecule has 1 N–H and O–H groups in total. The van der Waals surface area contributed by atoms with Crippen LogP contribution in [0.2, 0.25) is 0 Å². The van der Waals surface area contributed by atoms with E-state index in [1.54, 1.807) is 0 Å². The molecule has 1 unspecified atom stereocenters. The van der Waals surface area contributed by atoms with Crippen LogP contribution in [0.25, 0.3) is 0 Å². The van der Waals surface area contributed by atoms with Crippen LogP contribution in [0.1, 0.15) is 40.8 Å². The molecule has 0 aliphatic heterocycles. The molecule has 2 aromatic rings. The summed E-state index contributed by atoms with van der Waals surface area (Å²) in [6.45, 7) is 10.8. The summed E-state index contributed by atoms with van der Waals surface area (Å²) in [4.78, 5) is 0. The Kier molecular flexibility index (Phi) is 3.94. The first-order valence-corrected chi connectivity index (χ1v) is 6.88. The molecule has 0 saturated carbocycles. The van der Waals surface area contributed by atoms with Crippen LogP contribution in [-0.2, 0) is 0 Å². The Morgan fingerprint density at radius 1 is 0.789 bits per heavy atom. The van der Waals surface area contributed by atoms with Crippen LogP contribution in [0.3, 0.4) is 0 Å². The summed E-state index contributed by atoms with van der Waals surface area (Å²) in [5.74, 6) is 0. The first-order chi connectivity index (χ1) is 8.97. The van der Waals surface area contributed by atoms with Gasteiger partial charge < -0.3 is 5.32 Å². The van der Waals surface area contributed by atoms with E-state index in [4.69, 9.17) is 0 Å². The molecule has 100 valence electrons. The highest BCUT2D eigenvalue weighted by atomic mass is 14.9. The van der Waals surface area contributed by atoms with Gasteiger partial charge in [-0.15, -0.1) is 0 Å². The summed E-state index contributed by atoms with van der Waals surface area (Å²) < 4.78 is 0. The Bertz CT molecular complexity index is 584. The van der Waals surface area contributed by atoms with Crippen molar-refractivity contribution in [3.8, 4) is 0 Å². The van der Waals surface area contributed by atoms with Crippen LogP contribution in [0, 0.1) is 27.7 Å². The number of anilines is 1. The Morgan fingerprint density at radius 2 is 1.37 bits per heavy atom. The van der Waals surface area contributed by atoms with Crippen molar-refractivity contribution < 1.29 is 0 Å². The number of hydrogen-bond donors (Lipinski definition) is 1. The monoisotopic (exact) mass is 253 g/mol. The molecule has 0 saturated heterocycles. The fraction of sp³-hybridized carbons (Fsp3) is 0.333. The summed E-state index contributed by atoms with van der Waals surface area (Å²) in [5.41, 5.74) is 7.85. The molecule has 0 spiro atoms. The molecule has 2 rings (SSSR count). The zero-order valence-electron chi connectivity index (χ0n) is 12.5. The number of hydrogen-bond acceptors (Lipinski definition) is 1. The lowest BCUT2D eigenvalue weighted by Crippen LogP contribution is -2.09.